The molecule has 8 heteroatoms. The third kappa shape index (κ3) is 5.77. The molecule has 2 aromatic rings. The van der Waals surface area contributed by atoms with Gasteiger partial charge in [0.2, 0.25) is 0 Å². The lowest BCUT2D eigenvalue weighted by atomic mass is 10.0. The van der Waals surface area contributed by atoms with Gasteiger partial charge in [0.15, 0.2) is 24.1 Å². The summed E-state index contributed by atoms with van der Waals surface area (Å²) in [5.41, 5.74) is 0.671. The molecule has 166 valence electrons. The summed E-state index contributed by atoms with van der Waals surface area (Å²) in [6.45, 7) is 2.84. The number of benzene rings is 2. The number of amides is 2. The van der Waals surface area contributed by atoms with Crippen LogP contribution < -0.4 is 10.1 Å². The van der Waals surface area contributed by atoms with Crippen molar-refractivity contribution in [1.82, 2.24) is 10.2 Å². The molecule has 0 aliphatic carbocycles. The first-order chi connectivity index (χ1) is 14.9. The molecule has 1 N–H and O–H groups in total. The Morgan fingerprint density at radius 3 is 2.35 bits per heavy atom. The zero-order valence-electron chi connectivity index (χ0n) is 17.3. The Morgan fingerprint density at radius 1 is 1.03 bits per heavy atom. The number of carbonyl (C=O) groups excluding carboxylic acids is 2. The minimum absolute atomic E-state index is 0.0791. The van der Waals surface area contributed by atoms with Crippen LogP contribution in [0.2, 0.25) is 0 Å². The molecule has 2 amide bonds. The number of nitrogens with zero attached hydrogens (tertiary/aromatic N) is 1. The van der Waals surface area contributed by atoms with E-state index in [2.05, 4.69) is 12.2 Å². The summed E-state index contributed by atoms with van der Waals surface area (Å²) in [7, 11) is 0. The van der Waals surface area contributed by atoms with Gasteiger partial charge in [0.05, 0.1) is 5.56 Å². The average Bonchev–Trinajstić information content (AvgIpc) is 2.77. The van der Waals surface area contributed by atoms with Gasteiger partial charge in [-0.25, -0.2) is 13.2 Å². The summed E-state index contributed by atoms with van der Waals surface area (Å²) < 4.78 is 45.7. The smallest absolute Gasteiger partial charge is 0.260 e. The summed E-state index contributed by atoms with van der Waals surface area (Å²) in [6, 6.07) is 8.98. The Morgan fingerprint density at radius 2 is 1.71 bits per heavy atom. The highest BCUT2D eigenvalue weighted by molar-refractivity contribution is 5.94. The quantitative estimate of drug-likeness (QED) is 0.674. The van der Waals surface area contributed by atoms with Crippen LogP contribution in [-0.4, -0.2) is 42.5 Å². The lowest BCUT2D eigenvalue weighted by molar-refractivity contribution is -0.134. The first-order valence-electron chi connectivity index (χ1n) is 10.3. The molecule has 0 saturated carbocycles. The highest BCUT2D eigenvalue weighted by atomic mass is 19.2. The first kappa shape index (κ1) is 22.7. The van der Waals surface area contributed by atoms with Crippen molar-refractivity contribution in [2.45, 2.75) is 38.6 Å². The number of rotatable bonds is 7. The van der Waals surface area contributed by atoms with Crippen LogP contribution in [0.5, 0.6) is 5.75 Å². The number of likely N-dealkylation sites (tertiary alicyclic amines) is 1. The van der Waals surface area contributed by atoms with Crippen molar-refractivity contribution < 1.29 is 27.5 Å². The van der Waals surface area contributed by atoms with Crippen molar-refractivity contribution in [3.63, 3.8) is 0 Å². The molecule has 0 aromatic heterocycles. The number of piperidine rings is 1. The molecule has 0 unspecified atom stereocenters. The topological polar surface area (TPSA) is 58.6 Å². The van der Waals surface area contributed by atoms with Gasteiger partial charge in [-0.15, -0.1) is 0 Å². The molecule has 0 radical (unpaired) electrons. The molecular formula is C23H25F3N2O3. The Hall–Kier alpha value is -3.03. The van der Waals surface area contributed by atoms with Gasteiger partial charge in [-0.2, -0.15) is 0 Å². The second-order valence-electron chi connectivity index (χ2n) is 7.53. The van der Waals surface area contributed by atoms with E-state index >= 15 is 0 Å². The minimum Gasteiger partial charge on any atom is -0.484 e. The highest BCUT2D eigenvalue weighted by Gasteiger charge is 2.26. The Balaban J connectivity index is 1.45. The van der Waals surface area contributed by atoms with Gasteiger partial charge in [-0.1, -0.05) is 25.5 Å². The van der Waals surface area contributed by atoms with E-state index in [1.807, 2.05) is 24.3 Å². The molecule has 0 bridgehead atoms. The predicted molar refractivity (Wildman–Crippen MR) is 109 cm³/mol. The molecule has 5 nitrogen and oxygen atoms in total. The summed E-state index contributed by atoms with van der Waals surface area (Å²) in [6.07, 6.45) is 2.99. The van der Waals surface area contributed by atoms with E-state index in [-0.39, 0.29) is 18.6 Å². The number of nitrogens with one attached hydrogen (secondary N) is 1. The van der Waals surface area contributed by atoms with E-state index < -0.39 is 28.9 Å². The second-order valence-corrected chi connectivity index (χ2v) is 7.53. The Labute approximate surface area is 179 Å². The van der Waals surface area contributed by atoms with Gasteiger partial charge < -0.3 is 15.0 Å². The molecular weight excluding hydrogens is 409 g/mol. The van der Waals surface area contributed by atoms with Crippen LogP contribution in [0.15, 0.2) is 36.4 Å². The van der Waals surface area contributed by atoms with Gasteiger partial charge in [0.1, 0.15) is 5.75 Å². The standard InChI is InChI=1S/C23H25F3N2O3/c1-2-3-15-4-6-17(7-5-15)31-14-20(29)28-12-10-16(11-13-28)27-23(30)18-8-9-19(24)22(26)21(18)25/h4-9,16H,2-3,10-14H2,1H3,(H,27,30). The molecule has 1 heterocycles. The van der Waals surface area contributed by atoms with Crippen molar-refractivity contribution >= 4 is 11.8 Å². The molecule has 2 aromatic carbocycles. The third-order valence-electron chi connectivity index (χ3n) is 5.29. The van der Waals surface area contributed by atoms with Crippen LogP contribution in [0.3, 0.4) is 0 Å². The maximum absolute atomic E-state index is 13.8. The summed E-state index contributed by atoms with van der Waals surface area (Å²) in [4.78, 5) is 26.2. The van der Waals surface area contributed by atoms with E-state index in [1.54, 1.807) is 4.90 Å². The molecule has 1 saturated heterocycles. The predicted octanol–water partition coefficient (Wildman–Crippen LogP) is 3.86. The summed E-state index contributed by atoms with van der Waals surface area (Å²) in [5.74, 6) is -4.87. The molecule has 3 rings (SSSR count). The maximum Gasteiger partial charge on any atom is 0.260 e. The van der Waals surface area contributed by atoms with Crippen LogP contribution in [-0.2, 0) is 11.2 Å². The van der Waals surface area contributed by atoms with E-state index in [9.17, 15) is 22.8 Å². The number of ether oxygens (including phenoxy) is 1. The number of halogens is 3. The minimum atomic E-state index is -1.67. The number of hydrogen-bond acceptors (Lipinski definition) is 3. The molecule has 1 aliphatic heterocycles. The second kappa shape index (κ2) is 10.3. The monoisotopic (exact) mass is 434 g/mol. The van der Waals surface area contributed by atoms with Crippen LogP contribution in [0, 0.1) is 17.5 Å². The zero-order valence-corrected chi connectivity index (χ0v) is 17.3. The van der Waals surface area contributed by atoms with Gasteiger partial charge in [0, 0.05) is 19.1 Å². The van der Waals surface area contributed by atoms with Gasteiger partial charge in [-0.3, -0.25) is 9.59 Å². The van der Waals surface area contributed by atoms with Gasteiger partial charge >= 0.3 is 0 Å². The third-order valence-corrected chi connectivity index (χ3v) is 5.29. The maximum atomic E-state index is 13.8. The average molecular weight is 434 g/mol. The number of hydrogen-bond donors (Lipinski definition) is 1. The van der Waals surface area contributed by atoms with E-state index in [0.717, 1.165) is 18.9 Å². The van der Waals surface area contributed by atoms with Crippen LogP contribution in [0.1, 0.15) is 42.1 Å². The van der Waals surface area contributed by atoms with Gasteiger partial charge in [0.25, 0.3) is 11.8 Å². The van der Waals surface area contributed by atoms with Crippen molar-refractivity contribution in [3.05, 3.63) is 65.0 Å². The molecule has 31 heavy (non-hydrogen) atoms. The fourth-order valence-corrected chi connectivity index (χ4v) is 3.52. The van der Waals surface area contributed by atoms with Crippen molar-refractivity contribution in [3.8, 4) is 5.75 Å². The Kier molecular flexibility index (Phi) is 7.55. The largest absolute Gasteiger partial charge is 0.484 e. The van der Waals surface area contributed by atoms with Gasteiger partial charge in [-0.05, 0) is 49.1 Å². The lowest BCUT2D eigenvalue weighted by Crippen LogP contribution is -2.47. The first-order valence-corrected chi connectivity index (χ1v) is 10.3. The van der Waals surface area contributed by atoms with Crippen molar-refractivity contribution in [2.24, 2.45) is 0 Å². The van der Waals surface area contributed by atoms with E-state index in [4.69, 9.17) is 4.74 Å². The molecule has 0 atom stereocenters. The van der Waals surface area contributed by atoms with Crippen molar-refractivity contribution in [1.29, 1.82) is 0 Å². The highest BCUT2D eigenvalue weighted by Crippen LogP contribution is 2.18. The molecule has 1 aliphatic rings. The van der Waals surface area contributed by atoms with Crippen LogP contribution >= 0.6 is 0 Å². The Bertz CT molecular complexity index is 926. The number of aryl methyl sites for hydroxylation is 1. The molecule has 0 spiro atoms. The van der Waals surface area contributed by atoms with E-state index in [0.29, 0.717) is 37.7 Å². The SMILES string of the molecule is CCCc1ccc(OCC(=O)N2CCC(NC(=O)c3ccc(F)c(F)c3F)CC2)cc1. The molecule has 1 fully saturated rings. The normalized spacial score (nSPS) is 14.4. The lowest BCUT2D eigenvalue weighted by Gasteiger charge is -2.32. The summed E-state index contributed by atoms with van der Waals surface area (Å²) in [5, 5.41) is 2.62. The van der Waals surface area contributed by atoms with Crippen LogP contribution in [0.4, 0.5) is 13.2 Å². The number of carbonyl (C=O) groups is 2. The van der Waals surface area contributed by atoms with Crippen LogP contribution in [0.25, 0.3) is 0 Å². The fourth-order valence-electron chi connectivity index (χ4n) is 3.52. The zero-order chi connectivity index (χ0) is 22.4. The fraction of sp³-hybridized carbons (Fsp3) is 0.391. The van der Waals surface area contributed by atoms with E-state index in [1.165, 1.54) is 5.56 Å². The van der Waals surface area contributed by atoms with Crippen molar-refractivity contribution in [2.75, 3.05) is 19.7 Å². The summed E-state index contributed by atoms with van der Waals surface area (Å²) >= 11 is 0.